The number of halogens is 1. The molecule has 0 spiro atoms. The van der Waals surface area contributed by atoms with E-state index in [1.54, 1.807) is 6.07 Å². The Labute approximate surface area is 120 Å². The maximum absolute atomic E-state index is 13.4. The molecule has 1 saturated heterocycles. The lowest BCUT2D eigenvalue weighted by Gasteiger charge is -2.33. The molecule has 1 heterocycles. The van der Waals surface area contributed by atoms with E-state index in [1.807, 2.05) is 6.07 Å². The zero-order valence-corrected chi connectivity index (χ0v) is 12.0. The second-order valence-electron chi connectivity index (χ2n) is 5.47. The first-order chi connectivity index (χ1) is 9.70. The van der Waals surface area contributed by atoms with E-state index in [1.165, 1.54) is 37.9 Å². The summed E-state index contributed by atoms with van der Waals surface area (Å²) in [6.07, 6.45) is 5.00. The molecule has 1 aliphatic rings. The molecular weight excluding hydrogens is 253 g/mol. The van der Waals surface area contributed by atoms with Gasteiger partial charge in [-0.15, -0.1) is 0 Å². The van der Waals surface area contributed by atoms with Crippen LogP contribution in [-0.4, -0.2) is 30.6 Å². The van der Waals surface area contributed by atoms with Crippen molar-refractivity contribution in [2.75, 3.05) is 25.0 Å². The van der Waals surface area contributed by atoms with E-state index in [-0.39, 0.29) is 5.56 Å². The Morgan fingerprint density at radius 1 is 1.45 bits per heavy atom. The van der Waals surface area contributed by atoms with Crippen molar-refractivity contribution >= 4 is 5.69 Å². The van der Waals surface area contributed by atoms with E-state index >= 15 is 0 Å². The van der Waals surface area contributed by atoms with Gasteiger partial charge < -0.3 is 10.2 Å². The van der Waals surface area contributed by atoms with Crippen LogP contribution in [0.4, 0.5) is 10.1 Å². The van der Waals surface area contributed by atoms with Gasteiger partial charge in [0.25, 0.3) is 0 Å². The Morgan fingerprint density at radius 3 is 3.00 bits per heavy atom. The van der Waals surface area contributed by atoms with Gasteiger partial charge in [-0.3, -0.25) is 0 Å². The number of hydrogen-bond donors (Lipinski definition) is 1. The number of nitriles is 1. The monoisotopic (exact) mass is 275 g/mol. The average molecular weight is 275 g/mol. The average Bonchev–Trinajstić information content (AvgIpc) is 2.45. The highest BCUT2D eigenvalue weighted by atomic mass is 19.1. The summed E-state index contributed by atoms with van der Waals surface area (Å²) < 4.78 is 13.4. The molecule has 1 aromatic carbocycles. The van der Waals surface area contributed by atoms with Gasteiger partial charge in [-0.2, -0.15) is 5.26 Å². The number of likely N-dealkylation sites (tertiary alicyclic amines) is 1. The predicted molar refractivity (Wildman–Crippen MR) is 79.1 cm³/mol. The smallest absolute Gasteiger partial charge is 0.143 e. The normalized spacial score (nSPS) is 19.6. The Bertz CT molecular complexity index is 481. The number of rotatable bonds is 5. The summed E-state index contributed by atoms with van der Waals surface area (Å²) >= 11 is 0. The van der Waals surface area contributed by atoms with Crippen LogP contribution in [-0.2, 0) is 0 Å². The molecule has 0 aromatic heterocycles. The SMILES string of the molecule is CC1CCCCN1CCCNc1ccc(C#N)c(F)c1. The summed E-state index contributed by atoms with van der Waals surface area (Å²) in [5.41, 5.74) is 0.839. The summed E-state index contributed by atoms with van der Waals surface area (Å²) in [7, 11) is 0. The lowest BCUT2D eigenvalue weighted by atomic mass is 10.0. The van der Waals surface area contributed by atoms with E-state index < -0.39 is 5.82 Å². The van der Waals surface area contributed by atoms with Gasteiger partial charge in [0.15, 0.2) is 0 Å². The Balaban J connectivity index is 1.73. The molecule has 108 valence electrons. The van der Waals surface area contributed by atoms with Crippen LogP contribution < -0.4 is 5.32 Å². The zero-order chi connectivity index (χ0) is 14.4. The van der Waals surface area contributed by atoms with Gasteiger partial charge in [-0.05, 0) is 50.9 Å². The minimum atomic E-state index is -0.456. The van der Waals surface area contributed by atoms with E-state index in [4.69, 9.17) is 5.26 Å². The van der Waals surface area contributed by atoms with Gasteiger partial charge in [0.2, 0.25) is 0 Å². The van der Waals surface area contributed by atoms with E-state index in [0.717, 1.165) is 25.2 Å². The topological polar surface area (TPSA) is 39.1 Å². The molecule has 1 unspecified atom stereocenters. The molecule has 1 aromatic rings. The highest BCUT2D eigenvalue weighted by molar-refractivity contribution is 5.48. The van der Waals surface area contributed by atoms with Crippen LogP contribution in [0.25, 0.3) is 0 Å². The van der Waals surface area contributed by atoms with Gasteiger partial charge >= 0.3 is 0 Å². The van der Waals surface area contributed by atoms with Gasteiger partial charge in [-0.1, -0.05) is 6.42 Å². The fourth-order valence-corrected chi connectivity index (χ4v) is 2.72. The Hall–Kier alpha value is -1.60. The first-order valence-electron chi connectivity index (χ1n) is 7.38. The predicted octanol–water partition coefficient (Wildman–Crippen LogP) is 3.37. The van der Waals surface area contributed by atoms with Crippen LogP contribution in [0.2, 0.25) is 0 Å². The molecule has 1 aliphatic heterocycles. The first-order valence-corrected chi connectivity index (χ1v) is 7.38. The second-order valence-corrected chi connectivity index (χ2v) is 5.47. The van der Waals surface area contributed by atoms with E-state index in [2.05, 4.69) is 17.1 Å². The lowest BCUT2D eigenvalue weighted by molar-refractivity contribution is 0.160. The third-order valence-electron chi connectivity index (χ3n) is 3.98. The summed E-state index contributed by atoms with van der Waals surface area (Å²) in [4.78, 5) is 2.53. The van der Waals surface area contributed by atoms with Crippen molar-refractivity contribution < 1.29 is 4.39 Å². The highest BCUT2D eigenvalue weighted by Crippen LogP contribution is 2.17. The van der Waals surface area contributed by atoms with Crippen LogP contribution >= 0.6 is 0 Å². The van der Waals surface area contributed by atoms with Crippen molar-refractivity contribution in [1.29, 1.82) is 5.26 Å². The molecule has 1 atom stereocenters. The Kier molecular flexibility index (Phi) is 5.37. The van der Waals surface area contributed by atoms with Crippen LogP contribution in [0.5, 0.6) is 0 Å². The van der Waals surface area contributed by atoms with Gasteiger partial charge in [-0.25, -0.2) is 4.39 Å². The van der Waals surface area contributed by atoms with Gasteiger partial charge in [0.1, 0.15) is 11.9 Å². The van der Waals surface area contributed by atoms with Crippen LogP contribution in [0, 0.1) is 17.1 Å². The highest BCUT2D eigenvalue weighted by Gasteiger charge is 2.16. The fraction of sp³-hybridized carbons (Fsp3) is 0.562. The van der Waals surface area contributed by atoms with Crippen molar-refractivity contribution in [3.8, 4) is 6.07 Å². The minimum Gasteiger partial charge on any atom is -0.385 e. The van der Waals surface area contributed by atoms with Crippen molar-refractivity contribution in [2.24, 2.45) is 0 Å². The molecule has 2 rings (SSSR count). The zero-order valence-electron chi connectivity index (χ0n) is 12.0. The third-order valence-corrected chi connectivity index (χ3v) is 3.98. The summed E-state index contributed by atoms with van der Waals surface area (Å²) in [6.45, 7) is 5.41. The number of anilines is 1. The van der Waals surface area contributed by atoms with E-state index in [9.17, 15) is 4.39 Å². The molecule has 0 radical (unpaired) electrons. The van der Waals surface area contributed by atoms with E-state index in [0.29, 0.717) is 6.04 Å². The Morgan fingerprint density at radius 2 is 2.30 bits per heavy atom. The molecule has 0 bridgehead atoms. The summed E-state index contributed by atoms with van der Waals surface area (Å²) in [6, 6.07) is 7.18. The van der Waals surface area contributed by atoms with Crippen LogP contribution in [0.3, 0.4) is 0 Å². The van der Waals surface area contributed by atoms with Gasteiger partial charge in [0.05, 0.1) is 5.56 Å². The molecule has 4 heteroatoms. The number of nitrogens with zero attached hydrogens (tertiary/aromatic N) is 2. The summed E-state index contributed by atoms with van der Waals surface area (Å²) in [5, 5.41) is 11.9. The molecule has 20 heavy (non-hydrogen) atoms. The molecule has 0 saturated carbocycles. The molecule has 0 amide bonds. The molecule has 1 N–H and O–H groups in total. The largest absolute Gasteiger partial charge is 0.385 e. The van der Waals surface area contributed by atoms with Crippen molar-refractivity contribution in [2.45, 2.75) is 38.6 Å². The maximum atomic E-state index is 13.4. The molecule has 3 nitrogen and oxygen atoms in total. The second kappa shape index (κ2) is 7.25. The maximum Gasteiger partial charge on any atom is 0.143 e. The third kappa shape index (κ3) is 3.94. The first kappa shape index (κ1) is 14.8. The fourth-order valence-electron chi connectivity index (χ4n) is 2.72. The van der Waals surface area contributed by atoms with Crippen molar-refractivity contribution in [3.05, 3.63) is 29.6 Å². The number of nitrogens with one attached hydrogen (secondary N) is 1. The molecule has 1 fully saturated rings. The minimum absolute atomic E-state index is 0.0951. The van der Waals surface area contributed by atoms with Crippen molar-refractivity contribution in [1.82, 2.24) is 4.90 Å². The van der Waals surface area contributed by atoms with Crippen LogP contribution in [0.1, 0.15) is 38.2 Å². The standard InChI is InChI=1S/C16H22FN3/c1-13-5-2-3-9-20(13)10-4-8-19-15-7-6-14(12-18)16(17)11-15/h6-7,11,13,19H,2-5,8-10H2,1H3. The lowest BCUT2D eigenvalue weighted by Crippen LogP contribution is -2.38. The number of hydrogen-bond acceptors (Lipinski definition) is 3. The quantitative estimate of drug-likeness (QED) is 0.837. The number of benzene rings is 1. The van der Waals surface area contributed by atoms with Crippen LogP contribution in [0.15, 0.2) is 18.2 Å². The van der Waals surface area contributed by atoms with Gasteiger partial charge in [0, 0.05) is 24.8 Å². The summed E-state index contributed by atoms with van der Waals surface area (Å²) in [5.74, 6) is -0.456. The number of piperidine rings is 1. The molecular formula is C16H22FN3. The molecule has 0 aliphatic carbocycles. The van der Waals surface area contributed by atoms with Crippen molar-refractivity contribution in [3.63, 3.8) is 0 Å².